The van der Waals surface area contributed by atoms with E-state index in [9.17, 15) is 0 Å². The second-order valence-electron chi connectivity index (χ2n) is 6.18. The molecular formula is C17H22Cl2NTi. The molecule has 0 N–H and O–H groups in total. The molecule has 0 amide bonds. The SMILES string of the molecule is CC1=C(c2ccccc2C[N]([Ti+2])C(C)(C)C)CC=C1.[Cl-].[Cl-]. The van der Waals surface area contributed by atoms with Crippen LogP contribution in [0.5, 0.6) is 0 Å². The van der Waals surface area contributed by atoms with E-state index >= 15 is 0 Å². The van der Waals surface area contributed by atoms with E-state index in [-0.39, 0.29) is 30.4 Å². The molecule has 0 fully saturated rings. The summed E-state index contributed by atoms with van der Waals surface area (Å²) in [5.41, 5.74) is 5.94. The Morgan fingerprint density at radius 1 is 1.14 bits per heavy atom. The zero-order valence-corrected chi connectivity index (χ0v) is 16.2. The van der Waals surface area contributed by atoms with Gasteiger partial charge in [0.1, 0.15) is 0 Å². The van der Waals surface area contributed by atoms with Crippen molar-refractivity contribution in [2.45, 2.75) is 46.2 Å². The van der Waals surface area contributed by atoms with Crippen LogP contribution in [0.2, 0.25) is 0 Å². The average molecular weight is 359 g/mol. The van der Waals surface area contributed by atoms with E-state index in [0.29, 0.717) is 0 Å². The van der Waals surface area contributed by atoms with Crippen LogP contribution in [0.3, 0.4) is 0 Å². The summed E-state index contributed by atoms with van der Waals surface area (Å²) in [5.74, 6) is 0. The minimum atomic E-state index is 0. The van der Waals surface area contributed by atoms with E-state index in [1.807, 2.05) is 0 Å². The van der Waals surface area contributed by atoms with Crippen molar-refractivity contribution in [2.75, 3.05) is 0 Å². The fourth-order valence-electron chi connectivity index (χ4n) is 2.30. The van der Waals surface area contributed by atoms with E-state index in [4.69, 9.17) is 0 Å². The van der Waals surface area contributed by atoms with Crippen LogP contribution in [-0.2, 0) is 27.2 Å². The predicted molar refractivity (Wildman–Crippen MR) is 78.1 cm³/mol. The molecule has 21 heavy (non-hydrogen) atoms. The van der Waals surface area contributed by atoms with E-state index in [1.54, 1.807) is 0 Å². The average Bonchev–Trinajstić information content (AvgIpc) is 2.75. The third-order valence-corrected chi connectivity index (χ3v) is 4.94. The number of halogens is 2. The van der Waals surface area contributed by atoms with Gasteiger partial charge in [-0.1, -0.05) is 0 Å². The second-order valence-corrected chi connectivity index (χ2v) is 7.03. The summed E-state index contributed by atoms with van der Waals surface area (Å²) in [7, 11) is 0. The van der Waals surface area contributed by atoms with Gasteiger partial charge < -0.3 is 24.8 Å². The van der Waals surface area contributed by atoms with Gasteiger partial charge in [0.05, 0.1) is 0 Å². The molecule has 1 aromatic rings. The first-order valence-corrected chi connectivity index (χ1v) is 7.53. The molecule has 0 aliphatic heterocycles. The summed E-state index contributed by atoms with van der Waals surface area (Å²) in [6, 6.07) is 8.82. The summed E-state index contributed by atoms with van der Waals surface area (Å²) in [6.07, 6.45) is 5.57. The Labute approximate surface area is 153 Å². The maximum atomic E-state index is 2.41. The molecule has 1 aromatic carbocycles. The molecule has 0 saturated carbocycles. The van der Waals surface area contributed by atoms with Crippen LogP contribution in [0.25, 0.3) is 5.57 Å². The predicted octanol–water partition coefficient (Wildman–Crippen LogP) is -1.51. The molecule has 0 atom stereocenters. The van der Waals surface area contributed by atoms with E-state index in [0.717, 1.165) is 13.0 Å². The minimum absolute atomic E-state index is 0. The first-order valence-electron chi connectivity index (χ1n) is 6.83. The van der Waals surface area contributed by atoms with Crippen LogP contribution in [0.15, 0.2) is 42.0 Å². The molecule has 0 heterocycles. The summed E-state index contributed by atoms with van der Waals surface area (Å²) in [5, 5.41) is 0. The van der Waals surface area contributed by atoms with Gasteiger partial charge in [-0.25, -0.2) is 0 Å². The topological polar surface area (TPSA) is 3.24 Å². The smallest absolute Gasteiger partial charge is 1.00 e. The number of hydrogen-bond donors (Lipinski definition) is 0. The van der Waals surface area contributed by atoms with Crippen LogP contribution in [0, 0.1) is 0 Å². The summed E-state index contributed by atoms with van der Waals surface area (Å²) >= 11 is 2.20. The molecule has 1 aliphatic rings. The number of benzene rings is 1. The largest absolute Gasteiger partial charge is 1.00 e. The summed E-state index contributed by atoms with van der Waals surface area (Å²) in [6.45, 7) is 9.99. The normalized spacial score (nSPS) is 14.2. The van der Waals surface area contributed by atoms with Gasteiger partial charge in [0.2, 0.25) is 0 Å². The van der Waals surface area contributed by atoms with Crippen molar-refractivity contribution in [1.82, 2.24) is 3.38 Å². The quantitative estimate of drug-likeness (QED) is 0.594. The van der Waals surface area contributed by atoms with Crippen LogP contribution < -0.4 is 24.8 Å². The third-order valence-electron chi connectivity index (χ3n) is 3.65. The van der Waals surface area contributed by atoms with Crippen molar-refractivity contribution in [1.29, 1.82) is 0 Å². The summed E-state index contributed by atoms with van der Waals surface area (Å²) < 4.78 is 2.41. The molecule has 0 bridgehead atoms. The Morgan fingerprint density at radius 2 is 1.76 bits per heavy atom. The number of allylic oxidation sites excluding steroid dienone is 4. The van der Waals surface area contributed by atoms with Crippen molar-refractivity contribution in [3.63, 3.8) is 0 Å². The molecule has 0 aromatic heterocycles. The first-order chi connectivity index (χ1) is 8.89. The van der Waals surface area contributed by atoms with Gasteiger partial charge in [-0.3, -0.25) is 0 Å². The Kier molecular flexibility index (Phi) is 8.53. The fraction of sp³-hybridized carbons (Fsp3) is 0.412. The zero-order chi connectivity index (χ0) is 14.0. The van der Waals surface area contributed by atoms with Gasteiger partial charge in [0, 0.05) is 0 Å². The molecule has 113 valence electrons. The zero-order valence-electron chi connectivity index (χ0n) is 13.1. The molecule has 0 spiro atoms. The van der Waals surface area contributed by atoms with E-state index in [2.05, 4.69) is 88.2 Å². The van der Waals surface area contributed by atoms with Gasteiger partial charge in [-0.15, -0.1) is 0 Å². The molecule has 0 radical (unpaired) electrons. The first kappa shape index (κ1) is 21.0. The van der Waals surface area contributed by atoms with Crippen molar-refractivity contribution in [3.05, 3.63) is 53.1 Å². The van der Waals surface area contributed by atoms with Gasteiger partial charge in [-0.2, -0.15) is 0 Å². The monoisotopic (exact) mass is 358 g/mol. The van der Waals surface area contributed by atoms with Crippen molar-refractivity contribution >= 4 is 5.57 Å². The molecule has 1 aliphatic carbocycles. The molecular weight excluding hydrogens is 337 g/mol. The van der Waals surface area contributed by atoms with Crippen LogP contribution in [0.1, 0.15) is 45.2 Å². The maximum Gasteiger partial charge on any atom is -1.00 e. The van der Waals surface area contributed by atoms with Crippen molar-refractivity contribution in [3.8, 4) is 0 Å². The molecule has 0 unspecified atom stereocenters. The van der Waals surface area contributed by atoms with Crippen LogP contribution in [0.4, 0.5) is 0 Å². The number of nitrogens with zero attached hydrogens (tertiary/aromatic N) is 1. The van der Waals surface area contributed by atoms with Crippen LogP contribution >= 0.6 is 0 Å². The van der Waals surface area contributed by atoms with Gasteiger partial charge >= 0.3 is 129 Å². The van der Waals surface area contributed by atoms with Crippen LogP contribution in [-0.4, -0.2) is 8.92 Å². The minimum Gasteiger partial charge on any atom is -1.00 e. The standard InChI is InChI=1S/C17H22N.2ClH.Ti/c1-13-8-7-11-15(13)16-10-6-5-9-14(16)12-18-17(2,3)4;;;/h5-10H,11-12H2,1-4H3;2*1H;/q-1;;;+3/p-2. The fourth-order valence-corrected chi connectivity index (χ4v) is 2.56. The molecule has 4 heteroatoms. The summed E-state index contributed by atoms with van der Waals surface area (Å²) in [4.78, 5) is 0. The maximum absolute atomic E-state index is 2.41. The Morgan fingerprint density at radius 3 is 2.29 bits per heavy atom. The van der Waals surface area contributed by atoms with Gasteiger partial charge in [0.25, 0.3) is 0 Å². The van der Waals surface area contributed by atoms with E-state index in [1.165, 1.54) is 22.3 Å². The molecule has 0 saturated heterocycles. The Bertz CT molecular complexity index is 530. The van der Waals surface area contributed by atoms with Gasteiger partial charge in [0.15, 0.2) is 0 Å². The Balaban J connectivity index is 0.00000200. The van der Waals surface area contributed by atoms with Gasteiger partial charge in [-0.05, 0) is 0 Å². The molecule has 1 nitrogen and oxygen atoms in total. The number of rotatable bonds is 3. The van der Waals surface area contributed by atoms with E-state index < -0.39 is 0 Å². The third kappa shape index (κ3) is 5.26. The van der Waals surface area contributed by atoms with Crippen molar-refractivity contribution in [2.24, 2.45) is 0 Å². The Hall–Kier alpha value is -0.0457. The second kappa shape index (κ2) is 8.55. The van der Waals surface area contributed by atoms with Crippen molar-refractivity contribution < 1.29 is 45.5 Å². The number of hydrogen-bond acceptors (Lipinski definition) is 1. The molecule has 2 rings (SSSR count).